The van der Waals surface area contributed by atoms with Gasteiger partial charge in [0.05, 0.1) is 6.26 Å². The van der Waals surface area contributed by atoms with Crippen LogP contribution in [0.2, 0.25) is 0 Å². The minimum absolute atomic E-state index is 0.215. The van der Waals surface area contributed by atoms with Gasteiger partial charge in [0.25, 0.3) is 16.0 Å². The normalized spacial score (nSPS) is 16.6. The number of nitrogens with one attached hydrogen (secondary N) is 2. The van der Waals surface area contributed by atoms with Gasteiger partial charge in [0.1, 0.15) is 0 Å². The predicted molar refractivity (Wildman–Crippen MR) is 94.1 cm³/mol. The van der Waals surface area contributed by atoms with Crippen LogP contribution in [0.1, 0.15) is 30.9 Å². The van der Waals surface area contributed by atoms with Gasteiger partial charge in [-0.1, -0.05) is 31.2 Å². The molecule has 7 nitrogen and oxygen atoms in total. The third-order valence-electron chi connectivity index (χ3n) is 3.57. The summed E-state index contributed by atoms with van der Waals surface area (Å²) >= 11 is 0. The maximum Gasteiger partial charge on any atom is 0.261 e. The summed E-state index contributed by atoms with van der Waals surface area (Å²) in [6.45, 7) is 2.08. The number of guanidine groups is 1. The van der Waals surface area contributed by atoms with Crippen molar-refractivity contribution < 1.29 is 17.8 Å². The summed E-state index contributed by atoms with van der Waals surface area (Å²) in [7, 11) is -3.67. The van der Waals surface area contributed by atoms with Gasteiger partial charge in [0, 0.05) is 5.57 Å². The van der Waals surface area contributed by atoms with E-state index >= 15 is 0 Å². The zero-order chi connectivity index (χ0) is 18.3. The Morgan fingerprint density at radius 1 is 1.42 bits per heavy atom. The van der Waals surface area contributed by atoms with Gasteiger partial charge in [-0.3, -0.25) is 20.1 Å². The molecule has 0 aromatic heterocycles. The molecule has 5 N–H and O–H groups in total. The van der Waals surface area contributed by atoms with Crippen LogP contribution < -0.4 is 11.1 Å². The standard InChI is InChI=1S/C15H19N3O.CH4O3S/c1-2-10-7-8-11-5-3-4-6-12(11)9-13(10)14(19)18-15(16)17;1-5(2,3)4/h3-6,9-10H,2,7-8H2,1H3,(H4,16,17,18,19);1H3,(H,2,3,4). The molecule has 1 unspecified atom stereocenters. The number of carbonyl (C=O) groups excluding carboxylic acids is 1. The Hall–Kier alpha value is -2.19. The van der Waals surface area contributed by atoms with E-state index in [1.807, 2.05) is 24.3 Å². The molecule has 0 fully saturated rings. The molecule has 1 atom stereocenters. The van der Waals surface area contributed by atoms with E-state index < -0.39 is 10.1 Å². The van der Waals surface area contributed by atoms with Crippen molar-refractivity contribution in [2.45, 2.75) is 26.2 Å². The van der Waals surface area contributed by atoms with Crippen molar-refractivity contribution in [1.29, 1.82) is 5.41 Å². The van der Waals surface area contributed by atoms with Crippen LogP contribution >= 0.6 is 0 Å². The molecule has 2 rings (SSSR count). The fourth-order valence-corrected chi connectivity index (χ4v) is 2.54. The lowest BCUT2D eigenvalue weighted by molar-refractivity contribution is -0.116. The molecule has 24 heavy (non-hydrogen) atoms. The molecule has 1 aliphatic carbocycles. The second kappa shape index (κ2) is 8.60. The van der Waals surface area contributed by atoms with E-state index in [-0.39, 0.29) is 17.8 Å². The second-order valence-electron chi connectivity index (χ2n) is 5.54. The van der Waals surface area contributed by atoms with Crippen LogP contribution in [0.5, 0.6) is 0 Å². The van der Waals surface area contributed by atoms with Gasteiger partial charge >= 0.3 is 0 Å². The smallest absolute Gasteiger partial charge is 0.261 e. The lowest BCUT2D eigenvalue weighted by Crippen LogP contribution is -2.37. The van der Waals surface area contributed by atoms with E-state index in [4.69, 9.17) is 15.7 Å². The van der Waals surface area contributed by atoms with Crippen molar-refractivity contribution in [3.05, 3.63) is 41.0 Å². The molecule has 0 heterocycles. The highest BCUT2D eigenvalue weighted by Gasteiger charge is 2.23. The van der Waals surface area contributed by atoms with Gasteiger partial charge in [0.2, 0.25) is 0 Å². The predicted octanol–water partition coefficient (Wildman–Crippen LogP) is 1.56. The maximum atomic E-state index is 12.1. The quantitative estimate of drug-likeness (QED) is 0.364. The minimum Gasteiger partial charge on any atom is -0.370 e. The SMILES string of the molecule is CCC1CCc2ccccc2C=C1C(=O)NC(=N)N.CS(=O)(=O)O. The van der Waals surface area contributed by atoms with E-state index in [0.29, 0.717) is 6.26 Å². The highest BCUT2D eigenvalue weighted by molar-refractivity contribution is 7.85. The zero-order valence-electron chi connectivity index (χ0n) is 13.7. The van der Waals surface area contributed by atoms with Crippen LogP contribution in [-0.2, 0) is 21.3 Å². The van der Waals surface area contributed by atoms with E-state index in [2.05, 4.69) is 18.3 Å². The Balaban J connectivity index is 0.000000505. The maximum absolute atomic E-state index is 12.1. The number of rotatable bonds is 2. The Morgan fingerprint density at radius 3 is 2.54 bits per heavy atom. The number of carbonyl (C=O) groups is 1. The van der Waals surface area contributed by atoms with E-state index in [9.17, 15) is 13.2 Å². The fourth-order valence-electron chi connectivity index (χ4n) is 2.54. The van der Waals surface area contributed by atoms with Crippen molar-refractivity contribution >= 4 is 28.1 Å². The van der Waals surface area contributed by atoms with E-state index in [1.54, 1.807) is 0 Å². The van der Waals surface area contributed by atoms with Crippen LogP contribution in [0.15, 0.2) is 29.8 Å². The van der Waals surface area contributed by atoms with Gasteiger partial charge in [-0.2, -0.15) is 8.42 Å². The number of hydrogen-bond donors (Lipinski definition) is 4. The van der Waals surface area contributed by atoms with Gasteiger partial charge in [-0.15, -0.1) is 0 Å². The lowest BCUT2D eigenvalue weighted by atomic mass is 9.92. The summed E-state index contributed by atoms with van der Waals surface area (Å²) in [6, 6.07) is 8.12. The van der Waals surface area contributed by atoms with E-state index in [0.717, 1.165) is 30.4 Å². The molecule has 0 radical (unpaired) electrons. The molecular weight excluding hydrogens is 330 g/mol. The molecule has 0 aliphatic heterocycles. The Labute approximate surface area is 142 Å². The van der Waals surface area contributed by atoms with Crippen LogP contribution in [0.25, 0.3) is 6.08 Å². The Kier molecular flexibility index (Phi) is 7.12. The number of nitrogens with two attached hydrogens (primary N) is 1. The van der Waals surface area contributed by atoms with Gasteiger partial charge < -0.3 is 5.73 Å². The summed E-state index contributed by atoms with van der Waals surface area (Å²) < 4.78 is 25.9. The molecule has 0 saturated heterocycles. The fraction of sp³-hybridized carbons (Fsp3) is 0.375. The average molecular weight is 353 g/mol. The van der Waals surface area contributed by atoms with Crippen molar-refractivity contribution in [2.75, 3.05) is 6.26 Å². The third kappa shape index (κ3) is 6.93. The van der Waals surface area contributed by atoms with Crippen molar-refractivity contribution in [2.24, 2.45) is 11.7 Å². The highest BCUT2D eigenvalue weighted by atomic mass is 32.2. The molecule has 1 amide bonds. The summed E-state index contributed by atoms with van der Waals surface area (Å²) in [4.78, 5) is 12.1. The van der Waals surface area contributed by atoms with Crippen molar-refractivity contribution in [3.63, 3.8) is 0 Å². The number of hydrogen-bond acceptors (Lipinski definition) is 4. The lowest BCUT2D eigenvalue weighted by Gasteiger charge is -2.16. The molecule has 8 heteroatoms. The summed E-state index contributed by atoms with van der Waals surface area (Å²) in [5.74, 6) is -0.346. The minimum atomic E-state index is -3.67. The van der Waals surface area contributed by atoms with Gasteiger partial charge in [0.15, 0.2) is 5.96 Å². The van der Waals surface area contributed by atoms with Crippen molar-refractivity contribution in [1.82, 2.24) is 5.32 Å². The molecule has 132 valence electrons. The largest absolute Gasteiger partial charge is 0.370 e. The Bertz CT molecular complexity index is 733. The number of aryl methyl sites for hydroxylation is 1. The van der Waals surface area contributed by atoms with Crippen LogP contribution in [0.4, 0.5) is 0 Å². The first-order valence-corrected chi connectivity index (χ1v) is 9.34. The third-order valence-corrected chi connectivity index (χ3v) is 3.57. The molecular formula is C16H23N3O4S. The highest BCUT2D eigenvalue weighted by Crippen LogP contribution is 2.29. The molecule has 0 spiro atoms. The number of amides is 1. The summed E-state index contributed by atoms with van der Waals surface area (Å²) in [6.07, 6.45) is 5.49. The molecule has 1 aliphatic rings. The topological polar surface area (TPSA) is 133 Å². The van der Waals surface area contributed by atoms with Crippen molar-refractivity contribution in [3.8, 4) is 0 Å². The molecule has 1 aromatic carbocycles. The van der Waals surface area contributed by atoms with Gasteiger partial charge in [-0.05, 0) is 42.4 Å². The van der Waals surface area contributed by atoms with Gasteiger partial charge in [-0.25, -0.2) is 0 Å². The van der Waals surface area contributed by atoms with Crippen LogP contribution in [0, 0.1) is 11.3 Å². The molecule has 1 aromatic rings. The zero-order valence-corrected chi connectivity index (χ0v) is 14.6. The first kappa shape index (κ1) is 19.9. The Morgan fingerprint density at radius 2 is 2.00 bits per heavy atom. The average Bonchev–Trinajstić information content (AvgIpc) is 2.64. The monoisotopic (exact) mass is 353 g/mol. The number of fused-ring (bicyclic) bond motifs is 1. The van der Waals surface area contributed by atoms with E-state index in [1.165, 1.54) is 5.56 Å². The number of benzene rings is 1. The molecule has 0 saturated carbocycles. The summed E-state index contributed by atoms with van der Waals surface area (Å²) in [5, 5.41) is 9.57. The summed E-state index contributed by atoms with van der Waals surface area (Å²) in [5.41, 5.74) is 8.33. The molecule has 0 bridgehead atoms. The van der Waals surface area contributed by atoms with Crippen LogP contribution in [-0.4, -0.2) is 31.1 Å². The second-order valence-corrected chi connectivity index (χ2v) is 7.01. The van der Waals surface area contributed by atoms with Crippen LogP contribution in [0.3, 0.4) is 0 Å². The first-order chi connectivity index (χ1) is 11.1. The first-order valence-electron chi connectivity index (χ1n) is 7.49.